The van der Waals surface area contributed by atoms with Gasteiger partial charge in [-0.1, -0.05) is 26.0 Å². The number of rotatable bonds is 7. The Labute approximate surface area is 109 Å². The van der Waals surface area contributed by atoms with Gasteiger partial charge in [0.25, 0.3) is 0 Å². The summed E-state index contributed by atoms with van der Waals surface area (Å²) in [6, 6.07) is 8.27. The van der Waals surface area contributed by atoms with E-state index in [0.717, 1.165) is 31.1 Å². The topological polar surface area (TPSA) is 21.3 Å². The minimum absolute atomic E-state index is 0.124. The molecule has 0 bridgehead atoms. The SMILES string of the molecule is COc1ccc(C(C)(C)CNCCCCl)cc1. The van der Waals surface area contributed by atoms with Gasteiger partial charge in [-0.2, -0.15) is 0 Å². The van der Waals surface area contributed by atoms with Crippen molar-refractivity contribution in [3.8, 4) is 5.75 Å². The Balaban J connectivity index is 2.55. The summed E-state index contributed by atoms with van der Waals surface area (Å²) in [6.45, 7) is 6.41. The number of halogens is 1. The molecule has 0 spiro atoms. The van der Waals surface area contributed by atoms with Crippen LogP contribution < -0.4 is 10.1 Å². The third-order valence-corrected chi connectivity index (χ3v) is 3.19. The van der Waals surface area contributed by atoms with Crippen LogP contribution in [0.1, 0.15) is 25.8 Å². The second-order valence-corrected chi connectivity index (χ2v) is 5.21. The number of hydrogen-bond donors (Lipinski definition) is 1. The van der Waals surface area contributed by atoms with Crippen LogP contribution in [0.2, 0.25) is 0 Å². The number of methoxy groups -OCH3 is 1. The normalized spacial score (nSPS) is 11.5. The molecule has 0 atom stereocenters. The Morgan fingerprint density at radius 2 is 1.88 bits per heavy atom. The highest BCUT2D eigenvalue weighted by atomic mass is 35.5. The van der Waals surface area contributed by atoms with E-state index in [4.69, 9.17) is 16.3 Å². The fraction of sp³-hybridized carbons (Fsp3) is 0.571. The molecule has 0 aliphatic rings. The van der Waals surface area contributed by atoms with E-state index in [2.05, 4.69) is 31.3 Å². The number of nitrogens with one attached hydrogen (secondary N) is 1. The molecule has 1 aromatic rings. The second-order valence-electron chi connectivity index (χ2n) is 4.83. The first-order valence-electron chi connectivity index (χ1n) is 6.01. The largest absolute Gasteiger partial charge is 0.497 e. The second kappa shape index (κ2) is 6.87. The van der Waals surface area contributed by atoms with Crippen LogP contribution in [0.5, 0.6) is 5.75 Å². The van der Waals surface area contributed by atoms with E-state index >= 15 is 0 Å². The summed E-state index contributed by atoms with van der Waals surface area (Å²) in [5, 5.41) is 3.44. The zero-order chi connectivity index (χ0) is 12.7. The molecule has 0 amide bonds. The smallest absolute Gasteiger partial charge is 0.118 e. The maximum atomic E-state index is 5.65. The van der Waals surface area contributed by atoms with Crippen LogP contribution >= 0.6 is 11.6 Å². The average Bonchev–Trinajstić information content (AvgIpc) is 2.35. The molecule has 0 fully saturated rings. The monoisotopic (exact) mass is 255 g/mol. The van der Waals surface area contributed by atoms with Crippen molar-refractivity contribution >= 4 is 11.6 Å². The molecule has 3 heteroatoms. The van der Waals surface area contributed by atoms with Gasteiger partial charge in [0, 0.05) is 17.8 Å². The summed E-state index contributed by atoms with van der Waals surface area (Å²) in [5.74, 6) is 1.62. The van der Waals surface area contributed by atoms with E-state index in [0.29, 0.717) is 0 Å². The fourth-order valence-electron chi connectivity index (χ4n) is 1.74. The highest BCUT2D eigenvalue weighted by molar-refractivity contribution is 6.17. The minimum atomic E-state index is 0.124. The van der Waals surface area contributed by atoms with Crippen molar-refractivity contribution < 1.29 is 4.74 Å². The quantitative estimate of drug-likeness (QED) is 0.597. The molecule has 0 radical (unpaired) electrons. The lowest BCUT2D eigenvalue weighted by atomic mass is 9.84. The Kier molecular flexibility index (Phi) is 5.79. The van der Waals surface area contributed by atoms with Gasteiger partial charge in [-0.15, -0.1) is 11.6 Å². The van der Waals surface area contributed by atoms with E-state index in [-0.39, 0.29) is 5.41 Å². The Morgan fingerprint density at radius 1 is 1.24 bits per heavy atom. The molecule has 96 valence electrons. The number of benzene rings is 1. The predicted octanol–water partition coefficient (Wildman–Crippen LogP) is 3.19. The van der Waals surface area contributed by atoms with Crippen molar-refractivity contribution in [2.75, 3.05) is 26.1 Å². The van der Waals surface area contributed by atoms with Crippen LogP contribution in [0.25, 0.3) is 0 Å². The molecule has 0 saturated heterocycles. The maximum absolute atomic E-state index is 5.65. The van der Waals surface area contributed by atoms with Crippen LogP contribution in [0.4, 0.5) is 0 Å². The minimum Gasteiger partial charge on any atom is -0.497 e. The standard InChI is InChI=1S/C14H22ClNO/c1-14(2,11-16-10-4-9-15)12-5-7-13(17-3)8-6-12/h5-8,16H,4,9-11H2,1-3H3. The van der Waals surface area contributed by atoms with Gasteiger partial charge in [-0.3, -0.25) is 0 Å². The van der Waals surface area contributed by atoms with Crippen LogP contribution in [0, 0.1) is 0 Å². The van der Waals surface area contributed by atoms with Crippen molar-refractivity contribution in [3.05, 3.63) is 29.8 Å². The summed E-state index contributed by atoms with van der Waals surface area (Å²) in [4.78, 5) is 0. The summed E-state index contributed by atoms with van der Waals surface area (Å²) >= 11 is 5.65. The number of hydrogen-bond acceptors (Lipinski definition) is 2. The lowest BCUT2D eigenvalue weighted by Gasteiger charge is -2.26. The van der Waals surface area contributed by atoms with Gasteiger partial charge in [0.15, 0.2) is 0 Å². The van der Waals surface area contributed by atoms with Gasteiger partial charge in [-0.05, 0) is 30.7 Å². The molecule has 2 nitrogen and oxygen atoms in total. The molecular weight excluding hydrogens is 234 g/mol. The van der Waals surface area contributed by atoms with Gasteiger partial charge in [0.1, 0.15) is 5.75 Å². The number of alkyl halides is 1. The lowest BCUT2D eigenvalue weighted by molar-refractivity contribution is 0.413. The van der Waals surface area contributed by atoms with Gasteiger partial charge in [0.05, 0.1) is 7.11 Å². The van der Waals surface area contributed by atoms with Crippen LogP contribution in [0.3, 0.4) is 0 Å². The molecule has 17 heavy (non-hydrogen) atoms. The highest BCUT2D eigenvalue weighted by Gasteiger charge is 2.19. The van der Waals surface area contributed by atoms with Crippen molar-refractivity contribution in [1.29, 1.82) is 0 Å². The van der Waals surface area contributed by atoms with E-state index in [1.54, 1.807) is 7.11 Å². The van der Waals surface area contributed by atoms with E-state index in [1.165, 1.54) is 5.56 Å². The van der Waals surface area contributed by atoms with Crippen LogP contribution in [0.15, 0.2) is 24.3 Å². The molecule has 0 saturated carbocycles. The maximum Gasteiger partial charge on any atom is 0.118 e. The molecule has 0 aliphatic carbocycles. The molecule has 1 N–H and O–H groups in total. The predicted molar refractivity (Wildman–Crippen MR) is 74.2 cm³/mol. The van der Waals surface area contributed by atoms with Crippen LogP contribution in [-0.2, 0) is 5.41 Å². The molecule has 0 heterocycles. The van der Waals surface area contributed by atoms with E-state index < -0.39 is 0 Å². The van der Waals surface area contributed by atoms with Crippen molar-refractivity contribution in [2.24, 2.45) is 0 Å². The van der Waals surface area contributed by atoms with Crippen molar-refractivity contribution in [2.45, 2.75) is 25.7 Å². The zero-order valence-electron chi connectivity index (χ0n) is 10.9. The summed E-state index contributed by atoms with van der Waals surface area (Å²) in [5.41, 5.74) is 1.44. The number of ether oxygens (including phenoxy) is 1. The highest BCUT2D eigenvalue weighted by Crippen LogP contribution is 2.24. The third-order valence-electron chi connectivity index (χ3n) is 2.93. The fourth-order valence-corrected chi connectivity index (χ4v) is 1.87. The lowest BCUT2D eigenvalue weighted by Crippen LogP contribution is -2.33. The average molecular weight is 256 g/mol. The van der Waals surface area contributed by atoms with E-state index in [9.17, 15) is 0 Å². The van der Waals surface area contributed by atoms with E-state index in [1.807, 2.05) is 12.1 Å². The van der Waals surface area contributed by atoms with Crippen molar-refractivity contribution in [1.82, 2.24) is 5.32 Å². The van der Waals surface area contributed by atoms with Gasteiger partial charge < -0.3 is 10.1 Å². The summed E-state index contributed by atoms with van der Waals surface area (Å²) < 4.78 is 5.16. The Hall–Kier alpha value is -0.730. The first-order valence-corrected chi connectivity index (χ1v) is 6.55. The molecule has 0 aromatic heterocycles. The first-order chi connectivity index (χ1) is 8.10. The summed E-state index contributed by atoms with van der Waals surface area (Å²) in [7, 11) is 1.69. The van der Waals surface area contributed by atoms with Gasteiger partial charge in [-0.25, -0.2) is 0 Å². The first kappa shape index (κ1) is 14.3. The van der Waals surface area contributed by atoms with Gasteiger partial charge >= 0.3 is 0 Å². The molecule has 1 aromatic carbocycles. The van der Waals surface area contributed by atoms with Crippen molar-refractivity contribution in [3.63, 3.8) is 0 Å². The van der Waals surface area contributed by atoms with Crippen LogP contribution in [-0.4, -0.2) is 26.1 Å². The van der Waals surface area contributed by atoms with Gasteiger partial charge in [0.2, 0.25) is 0 Å². The molecule has 0 aliphatic heterocycles. The molecule has 1 rings (SSSR count). The molecular formula is C14H22ClNO. The third kappa shape index (κ3) is 4.57. The molecule has 0 unspecified atom stereocenters. The Bertz CT molecular complexity index is 321. The zero-order valence-corrected chi connectivity index (χ0v) is 11.7. The summed E-state index contributed by atoms with van der Waals surface area (Å²) in [6.07, 6.45) is 1.01. The Morgan fingerprint density at radius 3 is 2.41 bits per heavy atom.